The molecule has 130 valence electrons. The van der Waals surface area contributed by atoms with E-state index in [0.29, 0.717) is 23.7 Å². The molecule has 0 atom stereocenters. The Morgan fingerprint density at radius 1 is 1.30 bits per heavy atom. The topological polar surface area (TPSA) is 59.6 Å². The number of hydrogen-bond donors (Lipinski definition) is 2. The van der Waals surface area contributed by atoms with E-state index in [1.165, 1.54) is 12.1 Å². The van der Waals surface area contributed by atoms with Gasteiger partial charge in [-0.2, -0.15) is 8.78 Å². The van der Waals surface area contributed by atoms with Crippen molar-refractivity contribution in [3.63, 3.8) is 0 Å². The molecular formula is C15H21ClF2N2O3. The molecule has 23 heavy (non-hydrogen) atoms. The zero-order valence-corrected chi connectivity index (χ0v) is 14.0. The maximum atomic E-state index is 12.3. The third-order valence-electron chi connectivity index (χ3n) is 2.52. The summed E-state index contributed by atoms with van der Waals surface area (Å²) in [4.78, 5) is 11.4. The summed E-state index contributed by atoms with van der Waals surface area (Å²) in [5.74, 6) is 0.0667. The van der Waals surface area contributed by atoms with Crippen LogP contribution in [0.4, 0.5) is 13.6 Å². The second-order valence-corrected chi connectivity index (χ2v) is 6.17. The summed E-state index contributed by atoms with van der Waals surface area (Å²) >= 11 is 5.85. The Hall–Kier alpha value is -1.60. The quantitative estimate of drug-likeness (QED) is 0.738. The van der Waals surface area contributed by atoms with E-state index in [1.807, 2.05) is 0 Å². The first kappa shape index (κ1) is 19.4. The molecule has 0 bridgehead atoms. The zero-order chi connectivity index (χ0) is 17.5. The number of carbonyl (C=O) groups excluding carboxylic acids is 1. The van der Waals surface area contributed by atoms with Crippen LogP contribution in [-0.4, -0.2) is 31.4 Å². The molecule has 1 rings (SSSR count). The van der Waals surface area contributed by atoms with Gasteiger partial charge < -0.3 is 20.1 Å². The lowest BCUT2D eigenvalue weighted by Gasteiger charge is -2.19. The molecule has 5 nitrogen and oxygen atoms in total. The Morgan fingerprint density at radius 2 is 2.00 bits per heavy atom. The van der Waals surface area contributed by atoms with E-state index in [2.05, 4.69) is 15.4 Å². The summed E-state index contributed by atoms with van der Waals surface area (Å²) in [6.07, 6.45) is -0.510. The van der Waals surface area contributed by atoms with Crippen molar-refractivity contribution in [3.8, 4) is 5.75 Å². The molecule has 0 saturated carbocycles. The lowest BCUT2D eigenvalue weighted by molar-refractivity contribution is -0.0505. The predicted molar refractivity (Wildman–Crippen MR) is 84.0 cm³/mol. The fraction of sp³-hybridized carbons (Fsp3) is 0.533. The van der Waals surface area contributed by atoms with Gasteiger partial charge >= 0.3 is 12.7 Å². The van der Waals surface area contributed by atoms with Gasteiger partial charge in [0.05, 0.1) is 0 Å². The van der Waals surface area contributed by atoms with Crippen molar-refractivity contribution in [1.29, 1.82) is 0 Å². The summed E-state index contributed by atoms with van der Waals surface area (Å²) in [7, 11) is 0. The molecule has 0 aromatic heterocycles. The van der Waals surface area contributed by atoms with E-state index in [1.54, 1.807) is 26.8 Å². The Labute approximate surface area is 139 Å². The van der Waals surface area contributed by atoms with Crippen LogP contribution in [-0.2, 0) is 11.3 Å². The van der Waals surface area contributed by atoms with E-state index in [9.17, 15) is 13.6 Å². The normalized spacial score (nSPS) is 11.4. The van der Waals surface area contributed by atoms with Gasteiger partial charge in [0.2, 0.25) is 0 Å². The minimum absolute atomic E-state index is 0.0667. The van der Waals surface area contributed by atoms with Gasteiger partial charge in [-0.3, -0.25) is 0 Å². The second-order valence-electron chi connectivity index (χ2n) is 5.74. The predicted octanol–water partition coefficient (Wildman–Crippen LogP) is 3.56. The summed E-state index contributed by atoms with van der Waals surface area (Å²) < 4.78 is 34.2. The number of halogens is 3. The number of benzene rings is 1. The molecule has 0 aliphatic rings. The van der Waals surface area contributed by atoms with Gasteiger partial charge in [0.25, 0.3) is 0 Å². The highest BCUT2D eigenvalue weighted by atomic mass is 35.5. The lowest BCUT2D eigenvalue weighted by Crippen LogP contribution is -2.36. The molecule has 2 N–H and O–H groups in total. The third-order valence-corrected chi connectivity index (χ3v) is 2.76. The van der Waals surface area contributed by atoms with Crippen LogP contribution in [0.3, 0.4) is 0 Å². The van der Waals surface area contributed by atoms with Crippen LogP contribution in [0, 0.1) is 0 Å². The minimum Gasteiger partial charge on any atom is -0.444 e. The highest BCUT2D eigenvalue weighted by Gasteiger charge is 2.15. The van der Waals surface area contributed by atoms with Gasteiger partial charge in [-0.25, -0.2) is 4.79 Å². The molecule has 0 fully saturated rings. The van der Waals surface area contributed by atoms with Crippen LogP contribution in [0.2, 0.25) is 5.02 Å². The second kappa shape index (κ2) is 8.88. The summed E-state index contributed by atoms with van der Waals surface area (Å²) in [5.41, 5.74) is -0.0464. The van der Waals surface area contributed by atoms with E-state index in [0.717, 1.165) is 0 Å². The van der Waals surface area contributed by atoms with Crippen molar-refractivity contribution >= 4 is 17.7 Å². The number of amides is 1. The first-order valence-corrected chi connectivity index (χ1v) is 7.46. The fourth-order valence-electron chi connectivity index (χ4n) is 1.69. The van der Waals surface area contributed by atoms with Crippen LogP contribution in [0.1, 0.15) is 26.3 Å². The van der Waals surface area contributed by atoms with Crippen LogP contribution >= 0.6 is 11.6 Å². The molecule has 0 saturated heterocycles. The lowest BCUT2D eigenvalue weighted by atomic mass is 10.2. The van der Waals surface area contributed by atoms with E-state index in [4.69, 9.17) is 16.3 Å². The Kier molecular flexibility index (Phi) is 7.51. The highest BCUT2D eigenvalue weighted by molar-refractivity contribution is 6.30. The van der Waals surface area contributed by atoms with Crippen molar-refractivity contribution < 1.29 is 23.0 Å². The van der Waals surface area contributed by atoms with E-state index < -0.39 is 18.3 Å². The van der Waals surface area contributed by atoms with Crippen LogP contribution in [0.15, 0.2) is 18.2 Å². The molecule has 0 spiro atoms. The van der Waals surface area contributed by atoms with Crippen molar-refractivity contribution in [2.24, 2.45) is 0 Å². The van der Waals surface area contributed by atoms with Crippen LogP contribution in [0.25, 0.3) is 0 Å². The number of nitrogens with one attached hydrogen (secondary N) is 2. The van der Waals surface area contributed by atoms with Gasteiger partial charge in [0.1, 0.15) is 11.4 Å². The summed E-state index contributed by atoms with van der Waals surface area (Å²) in [6, 6.07) is 4.42. The maximum Gasteiger partial charge on any atom is 0.407 e. The molecule has 0 unspecified atom stereocenters. The molecule has 1 aromatic rings. The van der Waals surface area contributed by atoms with Crippen molar-refractivity contribution in [2.45, 2.75) is 39.5 Å². The average Bonchev–Trinajstić information content (AvgIpc) is 2.38. The summed E-state index contributed by atoms with van der Waals surface area (Å²) in [5, 5.41) is 6.02. The van der Waals surface area contributed by atoms with E-state index >= 15 is 0 Å². The minimum atomic E-state index is -2.90. The highest BCUT2D eigenvalue weighted by Crippen LogP contribution is 2.24. The molecular weight excluding hydrogens is 330 g/mol. The number of alkyl carbamates (subject to hydrolysis) is 1. The first-order valence-electron chi connectivity index (χ1n) is 7.08. The maximum absolute atomic E-state index is 12.3. The molecule has 1 amide bonds. The standard InChI is InChI=1S/C15H21ClF2N2O3/c1-15(2,3)23-14(21)20-7-6-19-9-10-8-11(16)4-5-12(10)22-13(17)18/h4-5,8,13,19H,6-7,9H2,1-3H3,(H,20,21). The molecule has 0 aliphatic heterocycles. The number of ether oxygens (including phenoxy) is 2. The zero-order valence-electron chi connectivity index (χ0n) is 13.3. The summed E-state index contributed by atoms with van der Waals surface area (Å²) in [6.45, 7) is 3.46. The Bertz CT molecular complexity index is 522. The third kappa shape index (κ3) is 8.56. The van der Waals surface area contributed by atoms with Gasteiger partial charge in [-0.15, -0.1) is 0 Å². The van der Waals surface area contributed by atoms with Crippen LogP contribution < -0.4 is 15.4 Å². The monoisotopic (exact) mass is 350 g/mol. The molecule has 8 heteroatoms. The number of rotatable bonds is 7. The number of alkyl halides is 2. The van der Waals surface area contributed by atoms with Crippen molar-refractivity contribution in [2.75, 3.05) is 13.1 Å². The van der Waals surface area contributed by atoms with Gasteiger partial charge in [0, 0.05) is 30.2 Å². The van der Waals surface area contributed by atoms with Gasteiger partial charge in [0.15, 0.2) is 0 Å². The van der Waals surface area contributed by atoms with Crippen molar-refractivity contribution in [1.82, 2.24) is 10.6 Å². The smallest absolute Gasteiger partial charge is 0.407 e. The first-order chi connectivity index (χ1) is 10.7. The molecule has 1 aromatic carbocycles. The Morgan fingerprint density at radius 3 is 2.61 bits per heavy atom. The number of hydrogen-bond acceptors (Lipinski definition) is 4. The van der Waals surface area contributed by atoms with Crippen LogP contribution in [0.5, 0.6) is 5.75 Å². The largest absolute Gasteiger partial charge is 0.444 e. The molecule has 0 heterocycles. The SMILES string of the molecule is CC(C)(C)OC(=O)NCCNCc1cc(Cl)ccc1OC(F)F. The average molecular weight is 351 g/mol. The van der Waals surface area contributed by atoms with Gasteiger partial charge in [-0.05, 0) is 39.0 Å². The van der Waals surface area contributed by atoms with Gasteiger partial charge in [-0.1, -0.05) is 11.6 Å². The Balaban J connectivity index is 2.38. The fourth-order valence-corrected chi connectivity index (χ4v) is 1.88. The number of carbonyl (C=O) groups is 1. The molecule has 0 aliphatic carbocycles. The van der Waals surface area contributed by atoms with E-state index in [-0.39, 0.29) is 12.3 Å². The molecule has 0 radical (unpaired) electrons. The van der Waals surface area contributed by atoms with Crippen molar-refractivity contribution in [3.05, 3.63) is 28.8 Å².